The second-order valence-corrected chi connectivity index (χ2v) is 12.5. The van der Waals surface area contributed by atoms with Crippen LogP contribution in [0.25, 0.3) is 98.4 Å². The van der Waals surface area contributed by atoms with Crippen LogP contribution in [0.4, 0.5) is 0 Å². The zero-order valence-corrected chi connectivity index (χ0v) is 25.6. The monoisotopic (exact) mass is 596 g/mol. The Balaban J connectivity index is 1.12. The molecule has 0 radical (unpaired) electrons. The van der Waals surface area contributed by atoms with Crippen molar-refractivity contribution in [2.24, 2.45) is 0 Å². The third kappa shape index (κ3) is 4.03. The lowest BCUT2D eigenvalue weighted by atomic mass is 9.85. The largest absolute Gasteiger partial charge is 0.455 e. The van der Waals surface area contributed by atoms with Crippen LogP contribution >= 0.6 is 0 Å². The maximum atomic E-state index is 6.38. The molecule has 0 saturated heterocycles. The van der Waals surface area contributed by atoms with Crippen molar-refractivity contribution >= 4 is 65.0 Å². The van der Waals surface area contributed by atoms with Crippen molar-refractivity contribution in [2.75, 3.05) is 0 Å². The lowest BCUT2D eigenvalue weighted by Gasteiger charge is -2.18. The summed E-state index contributed by atoms with van der Waals surface area (Å²) in [6.07, 6.45) is 0. The highest BCUT2D eigenvalue weighted by Gasteiger charge is 2.17. The molecule has 0 aliphatic rings. The smallest absolute Gasteiger partial charge is 0.143 e. The van der Waals surface area contributed by atoms with E-state index in [1.165, 1.54) is 71.1 Å². The molecule has 1 heteroatoms. The van der Waals surface area contributed by atoms with E-state index < -0.39 is 0 Å². The fourth-order valence-electron chi connectivity index (χ4n) is 7.62. The summed E-state index contributed by atoms with van der Waals surface area (Å²) < 4.78 is 6.38. The molecule has 10 rings (SSSR count). The highest BCUT2D eigenvalue weighted by Crippen LogP contribution is 2.44. The van der Waals surface area contributed by atoms with Crippen molar-refractivity contribution in [3.8, 4) is 33.4 Å². The fraction of sp³-hybridized carbons (Fsp3) is 0. The van der Waals surface area contributed by atoms with E-state index >= 15 is 0 Å². The standard InChI is InChI=1S/C46H28O/c1-2-11-30(12-3-1)44-37-14-6-8-16-39(37)45(40-17-9-7-15-38(40)44)35-21-20-31-26-32(18-19-33(31)27-35)34-23-25-43-42(28-34)41-24-22-29-10-4-5-13-36(29)46(41)47-43/h1-28H. The van der Waals surface area contributed by atoms with Gasteiger partial charge in [0.05, 0.1) is 0 Å². The molecule has 0 aliphatic carbocycles. The van der Waals surface area contributed by atoms with Crippen LogP contribution in [0.1, 0.15) is 0 Å². The third-order valence-electron chi connectivity index (χ3n) is 9.82. The SMILES string of the molecule is c1ccc(-c2c3ccccc3c(-c3ccc4cc(-c5ccc6oc7c8ccccc8ccc7c6c5)ccc4c3)c3ccccc23)cc1. The first-order chi connectivity index (χ1) is 23.3. The molecule has 0 aliphatic heterocycles. The third-order valence-corrected chi connectivity index (χ3v) is 9.82. The Kier molecular flexibility index (Phi) is 5.64. The molecule has 1 nitrogen and oxygen atoms in total. The molecule has 47 heavy (non-hydrogen) atoms. The summed E-state index contributed by atoms with van der Waals surface area (Å²) in [4.78, 5) is 0. The highest BCUT2D eigenvalue weighted by atomic mass is 16.3. The Hall–Kier alpha value is -6.18. The molecule has 0 spiro atoms. The minimum absolute atomic E-state index is 0.920. The van der Waals surface area contributed by atoms with Crippen LogP contribution in [0, 0.1) is 0 Å². The quantitative estimate of drug-likeness (QED) is 0.185. The summed E-state index contributed by atoms with van der Waals surface area (Å²) in [6.45, 7) is 0. The molecule has 0 N–H and O–H groups in total. The summed E-state index contributed by atoms with van der Waals surface area (Å²) in [6, 6.07) is 61.6. The van der Waals surface area contributed by atoms with Gasteiger partial charge in [0.25, 0.3) is 0 Å². The highest BCUT2D eigenvalue weighted by molar-refractivity contribution is 6.22. The van der Waals surface area contributed by atoms with Gasteiger partial charge in [0.15, 0.2) is 0 Å². The van der Waals surface area contributed by atoms with E-state index in [9.17, 15) is 0 Å². The fourth-order valence-corrected chi connectivity index (χ4v) is 7.62. The maximum Gasteiger partial charge on any atom is 0.143 e. The molecule has 0 bridgehead atoms. The molecule has 0 saturated carbocycles. The van der Waals surface area contributed by atoms with Crippen molar-refractivity contribution in [1.29, 1.82) is 0 Å². The van der Waals surface area contributed by atoms with Crippen molar-refractivity contribution in [2.45, 2.75) is 0 Å². The van der Waals surface area contributed by atoms with E-state index in [0.29, 0.717) is 0 Å². The molecule has 0 unspecified atom stereocenters. The number of rotatable bonds is 3. The normalized spacial score (nSPS) is 11.8. The number of fused-ring (bicyclic) bond motifs is 8. The van der Waals surface area contributed by atoms with Gasteiger partial charge in [-0.15, -0.1) is 0 Å². The Morgan fingerprint density at radius 2 is 0.787 bits per heavy atom. The summed E-state index contributed by atoms with van der Waals surface area (Å²) in [5.74, 6) is 0. The minimum Gasteiger partial charge on any atom is -0.455 e. The minimum atomic E-state index is 0.920. The zero-order chi connectivity index (χ0) is 30.9. The van der Waals surface area contributed by atoms with E-state index in [1.807, 2.05) is 0 Å². The van der Waals surface area contributed by atoms with E-state index in [0.717, 1.165) is 27.3 Å². The number of hydrogen-bond donors (Lipinski definition) is 0. The predicted molar refractivity (Wildman–Crippen MR) is 200 cm³/mol. The van der Waals surface area contributed by atoms with Gasteiger partial charge in [-0.2, -0.15) is 0 Å². The van der Waals surface area contributed by atoms with Crippen molar-refractivity contribution in [3.63, 3.8) is 0 Å². The molecule has 218 valence electrons. The van der Waals surface area contributed by atoms with Crippen LogP contribution in [-0.4, -0.2) is 0 Å². The van der Waals surface area contributed by atoms with E-state index in [1.54, 1.807) is 0 Å². The number of furan rings is 1. The topological polar surface area (TPSA) is 13.1 Å². The first-order valence-corrected chi connectivity index (χ1v) is 16.2. The van der Waals surface area contributed by atoms with E-state index in [-0.39, 0.29) is 0 Å². The molecule has 10 aromatic rings. The maximum absolute atomic E-state index is 6.38. The molecule has 0 amide bonds. The van der Waals surface area contributed by atoms with Gasteiger partial charge in [-0.25, -0.2) is 0 Å². The summed E-state index contributed by atoms with van der Waals surface area (Å²) in [5.41, 5.74) is 9.32. The first kappa shape index (κ1) is 26.1. The lowest BCUT2D eigenvalue weighted by Crippen LogP contribution is -1.90. The van der Waals surface area contributed by atoms with Gasteiger partial charge >= 0.3 is 0 Å². The Morgan fingerprint density at radius 3 is 1.49 bits per heavy atom. The zero-order valence-electron chi connectivity index (χ0n) is 25.6. The van der Waals surface area contributed by atoms with Crippen LogP contribution in [0.15, 0.2) is 174 Å². The number of benzene rings is 9. The van der Waals surface area contributed by atoms with Gasteiger partial charge in [0.2, 0.25) is 0 Å². The molecular formula is C46H28O. The molecule has 9 aromatic carbocycles. The summed E-state index contributed by atoms with van der Waals surface area (Å²) in [7, 11) is 0. The van der Waals surface area contributed by atoms with Crippen molar-refractivity contribution < 1.29 is 4.42 Å². The first-order valence-electron chi connectivity index (χ1n) is 16.2. The Morgan fingerprint density at radius 1 is 0.277 bits per heavy atom. The molecular weight excluding hydrogens is 569 g/mol. The van der Waals surface area contributed by atoms with Crippen LogP contribution in [0.2, 0.25) is 0 Å². The van der Waals surface area contributed by atoms with E-state index in [4.69, 9.17) is 4.42 Å². The van der Waals surface area contributed by atoms with Gasteiger partial charge in [-0.3, -0.25) is 0 Å². The number of hydrogen-bond acceptors (Lipinski definition) is 1. The summed E-state index contributed by atoms with van der Waals surface area (Å²) in [5, 5.41) is 12.2. The molecule has 1 aromatic heterocycles. The lowest BCUT2D eigenvalue weighted by molar-refractivity contribution is 0.672. The van der Waals surface area contributed by atoms with Crippen LogP contribution in [-0.2, 0) is 0 Å². The molecule has 1 heterocycles. The van der Waals surface area contributed by atoms with Gasteiger partial charge < -0.3 is 4.42 Å². The second kappa shape index (κ2) is 10.2. The van der Waals surface area contributed by atoms with Gasteiger partial charge in [0.1, 0.15) is 11.2 Å². The van der Waals surface area contributed by atoms with E-state index in [2.05, 4.69) is 170 Å². The Labute approximate surface area is 271 Å². The van der Waals surface area contributed by atoms with Gasteiger partial charge in [-0.05, 0) is 101 Å². The predicted octanol–water partition coefficient (Wildman–Crippen LogP) is 13.2. The van der Waals surface area contributed by atoms with Crippen molar-refractivity contribution in [1.82, 2.24) is 0 Å². The van der Waals surface area contributed by atoms with Gasteiger partial charge in [0, 0.05) is 16.2 Å². The van der Waals surface area contributed by atoms with Crippen LogP contribution < -0.4 is 0 Å². The molecule has 0 fully saturated rings. The summed E-state index contributed by atoms with van der Waals surface area (Å²) >= 11 is 0. The Bertz CT molecular complexity index is 2780. The average molecular weight is 597 g/mol. The molecule has 0 atom stereocenters. The van der Waals surface area contributed by atoms with Crippen LogP contribution in [0.3, 0.4) is 0 Å². The average Bonchev–Trinajstić information content (AvgIpc) is 3.52. The second-order valence-electron chi connectivity index (χ2n) is 12.5. The van der Waals surface area contributed by atoms with Crippen LogP contribution in [0.5, 0.6) is 0 Å². The van der Waals surface area contributed by atoms with Gasteiger partial charge in [-0.1, -0.05) is 140 Å². The van der Waals surface area contributed by atoms with Crippen molar-refractivity contribution in [3.05, 3.63) is 170 Å².